The molecule has 2 heterocycles. The zero-order chi connectivity index (χ0) is 18.6. The maximum absolute atomic E-state index is 13.1. The molecule has 1 spiro atoms. The number of likely N-dealkylation sites (tertiary alicyclic amines) is 2. The molecule has 1 atom stereocenters. The number of piperidine rings is 1. The molecule has 3 rings (SSSR count). The van der Waals surface area contributed by atoms with Gasteiger partial charge in [-0.1, -0.05) is 6.07 Å². The van der Waals surface area contributed by atoms with Gasteiger partial charge in [0.2, 0.25) is 5.91 Å². The van der Waals surface area contributed by atoms with Gasteiger partial charge < -0.3 is 14.5 Å². The van der Waals surface area contributed by atoms with Gasteiger partial charge in [0.25, 0.3) is 5.91 Å². The van der Waals surface area contributed by atoms with Gasteiger partial charge in [0.1, 0.15) is 0 Å². The van der Waals surface area contributed by atoms with Crippen LogP contribution in [0.3, 0.4) is 0 Å². The van der Waals surface area contributed by atoms with E-state index in [0.717, 1.165) is 32.2 Å². The Morgan fingerprint density at radius 2 is 2.19 bits per heavy atom. The van der Waals surface area contributed by atoms with E-state index in [1.807, 2.05) is 4.90 Å². The maximum atomic E-state index is 13.1. The molecule has 6 heteroatoms. The van der Waals surface area contributed by atoms with Gasteiger partial charge >= 0.3 is 0 Å². The highest BCUT2D eigenvalue weighted by Crippen LogP contribution is 2.40. The summed E-state index contributed by atoms with van der Waals surface area (Å²) < 4.78 is 5.09. The Labute approximate surface area is 154 Å². The number of hydrogen-bond acceptors (Lipinski definition) is 4. The number of nitriles is 1. The third-order valence-corrected chi connectivity index (χ3v) is 5.48. The molecule has 138 valence electrons. The average molecular weight is 355 g/mol. The van der Waals surface area contributed by atoms with Crippen LogP contribution in [0.15, 0.2) is 24.3 Å². The first-order valence-electron chi connectivity index (χ1n) is 9.17. The molecule has 2 saturated heterocycles. The van der Waals surface area contributed by atoms with Gasteiger partial charge in [-0.15, -0.1) is 0 Å². The summed E-state index contributed by atoms with van der Waals surface area (Å²) in [5.41, 5.74) is 0.553. The minimum absolute atomic E-state index is 0.0942. The smallest absolute Gasteiger partial charge is 0.253 e. The molecule has 0 aromatic heterocycles. The fraction of sp³-hybridized carbons (Fsp3) is 0.550. The van der Waals surface area contributed by atoms with E-state index in [9.17, 15) is 9.59 Å². The largest absolute Gasteiger partial charge is 0.385 e. The Morgan fingerprint density at radius 1 is 1.35 bits per heavy atom. The molecule has 0 unspecified atom stereocenters. The molecule has 0 N–H and O–H groups in total. The van der Waals surface area contributed by atoms with Crippen molar-refractivity contribution in [2.45, 2.75) is 25.7 Å². The highest BCUT2D eigenvalue weighted by molar-refractivity contribution is 5.95. The number of benzene rings is 1. The number of hydrogen-bond donors (Lipinski definition) is 0. The lowest BCUT2D eigenvalue weighted by molar-refractivity contribution is -0.145. The van der Waals surface area contributed by atoms with Crippen LogP contribution in [0, 0.1) is 16.7 Å². The standard InChI is InChI=1S/C20H25N3O3/c1-26-12-4-10-22-9-3-7-20(19(22)25)8-11-23(15-20)18(24)17-6-2-5-16(13-17)14-21/h2,5-6,13H,3-4,7-12,15H2,1H3/t20-/m0/s1. The minimum atomic E-state index is -0.437. The third-order valence-electron chi connectivity index (χ3n) is 5.48. The van der Waals surface area contributed by atoms with E-state index >= 15 is 0 Å². The molecule has 2 aliphatic rings. The summed E-state index contributed by atoms with van der Waals surface area (Å²) in [6, 6.07) is 8.82. The molecule has 1 aromatic carbocycles. The molecule has 0 bridgehead atoms. The molecule has 6 nitrogen and oxygen atoms in total. The number of carbonyl (C=O) groups is 2. The lowest BCUT2D eigenvalue weighted by atomic mass is 9.78. The van der Waals surface area contributed by atoms with Crippen molar-refractivity contribution < 1.29 is 14.3 Å². The fourth-order valence-electron chi connectivity index (χ4n) is 4.09. The Morgan fingerprint density at radius 3 is 2.96 bits per heavy atom. The lowest BCUT2D eigenvalue weighted by Gasteiger charge is -2.39. The van der Waals surface area contributed by atoms with E-state index < -0.39 is 5.41 Å². The maximum Gasteiger partial charge on any atom is 0.253 e. The van der Waals surface area contributed by atoms with Gasteiger partial charge in [0.15, 0.2) is 0 Å². The van der Waals surface area contributed by atoms with Crippen molar-refractivity contribution in [3.05, 3.63) is 35.4 Å². The summed E-state index contributed by atoms with van der Waals surface area (Å²) in [5.74, 6) is 0.0872. The second-order valence-electron chi connectivity index (χ2n) is 7.19. The van der Waals surface area contributed by atoms with E-state index in [-0.39, 0.29) is 11.8 Å². The van der Waals surface area contributed by atoms with E-state index in [1.165, 1.54) is 0 Å². The summed E-state index contributed by atoms with van der Waals surface area (Å²) in [7, 11) is 1.67. The molecule has 2 amide bonds. The molecule has 0 aliphatic carbocycles. The van der Waals surface area contributed by atoms with E-state index in [0.29, 0.717) is 37.4 Å². The molecule has 2 fully saturated rings. The highest BCUT2D eigenvalue weighted by atomic mass is 16.5. The van der Waals surface area contributed by atoms with Crippen molar-refractivity contribution in [1.29, 1.82) is 5.26 Å². The quantitative estimate of drug-likeness (QED) is 0.758. The summed E-state index contributed by atoms with van der Waals surface area (Å²) in [5, 5.41) is 9.03. The van der Waals surface area contributed by atoms with Crippen LogP contribution in [0.1, 0.15) is 41.6 Å². The van der Waals surface area contributed by atoms with Crippen LogP contribution >= 0.6 is 0 Å². The molecular weight excluding hydrogens is 330 g/mol. The molecule has 1 aromatic rings. The number of amides is 2. The Balaban J connectivity index is 1.69. The summed E-state index contributed by atoms with van der Waals surface area (Å²) in [4.78, 5) is 29.6. The molecule has 2 aliphatic heterocycles. The van der Waals surface area contributed by atoms with Crippen LogP contribution in [-0.2, 0) is 9.53 Å². The SMILES string of the molecule is COCCCN1CCC[C@@]2(CCN(C(=O)c3cccc(C#N)c3)C2)C1=O. The first kappa shape index (κ1) is 18.4. The predicted octanol–water partition coefficient (Wildman–Crippen LogP) is 2.05. The highest BCUT2D eigenvalue weighted by Gasteiger charge is 2.49. The minimum Gasteiger partial charge on any atom is -0.385 e. The molecule has 0 saturated carbocycles. The van der Waals surface area contributed by atoms with E-state index in [2.05, 4.69) is 6.07 Å². The van der Waals surface area contributed by atoms with Crippen LogP contribution in [0.2, 0.25) is 0 Å². The van der Waals surface area contributed by atoms with Crippen molar-refractivity contribution in [1.82, 2.24) is 9.80 Å². The van der Waals surface area contributed by atoms with Gasteiger partial charge in [0, 0.05) is 45.5 Å². The van der Waals surface area contributed by atoms with Gasteiger partial charge in [-0.25, -0.2) is 0 Å². The van der Waals surface area contributed by atoms with Crippen LogP contribution in [0.5, 0.6) is 0 Å². The monoisotopic (exact) mass is 355 g/mol. The van der Waals surface area contributed by atoms with Gasteiger partial charge in [-0.2, -0.15) is 5.26 Å². The average Bonchev–Trinajstić information content (AvgIpc) is 3.10. The van der Waals surface area contributed by atoms with Crippen molar-refractivity contribution in [2.24, 2.45) is 5.41 Å². The number of ether oxygens (including phenoxy) is 1. The first-order chi connectivity index (χ1) is 12.6. The number of methoxy groups -OCH3 is 1. The lowest BCUT2D eigenvalue weighted by Crippen LogP contribution is -2.50. The third kappa shape index (κ3) is 3.58. The Kier molecular flexibility index (Phi) is 5.58. The predicted molar refractivity (Wildman–Crippen MR) is 96.4 cm³/mol. The zero-order valence-corrected chi connectivity index (χ0v) is 15.2. The van der Waals surface area contributed by atoms with Crippen molar-refractivity contribution in [2.75, 3.05) is 39.9 Å². The first-order valence-corrected chi connectivity index (χ1v) is 9.17. The molecule has 0 radical (unpaired) electrons. The Bertz CT molecular complexity index is 727. The van der Waals surface area contributed by atoms with Crippen molar-refractivity contribution >= 4 is 11.8 Å². The topological polar surface area (TPSA) is 73.6 Å². The summed E-state index contributed by atoms with van der Waals surface area (Å²) in [6.45, 7) is 3.22. The second-order valence-corrected chi connectivity index (χ2v) is 7.19. The molecule has 26 heavy (non-hydrogen) atoms. The van der Waals surface area contributed by atoms with Crippen molar-refractivity contribution in [3.8, 4) is 6.07 Å². The zero-order valence-electron chi connectivity index (χ0n) is 15.2. The number of nitrogens with zero attached hydrogens (tertiary/aromatic N) is 3. The normalized spacial score (nSPS) is 22.7. The van der Waals surface area contributed by atoms with Crippen LogP contribution < -0.4 is 0 Å². The number of rotatable bonds is 5. The van der Waals surface area contributed by atoms with Crippen molar-refractivity contribution in [3.63, 3.8) is 0 Å². The van der Waals surface area contributed by atoms with Gasteiger partial charge in [-0.05, 0) is 43.9 Å². The van der Waals surface area contributed by atoms with Crippen LogP contribution in [0.4, 0.5) is 0 Å². The van der Waals surface area contributed by atoms with Crippen LogP contribution in [0.25, 0.3) is 0 Å². The molecular formula is C20H25N3O3. The van der Waals surface area contributed by atoms with Crippen LogP contribution in [-0.4, -0.2) is 61.5 Å². The summed E-state index contributed by atoms with van der Waals surface area (Å²) >= 11 is 0. The second kappa shape index (κ2) is 7.88. The van der Waals surface area contributed by atoms with E-state index in [1.54, 1.807) is 36.3 Å². The van der Waals surface area contributed by atoms with E-state index in [4.69, 9.17) is 10.00 Å². The fourth-order valence-corrected chi connectivity index (χ4v) is 4.09. The van der Waals surface area contributed by atoms with Gasteiger partial charge in [-0.3, -0.25) is 9.59 Å². The summed E-state index contributed by atoms with van der Waals surface area (Å²) in [6.07, 6.45) is 3.37. The van der Waals surface area contributed by atoms with Gasteiger partial charge in [0.05, 0.1) is 17.0 Å². The number of carbonyl (C=O) groups excluding carboxylic acids is 2. The Hall–Kier alpha value is -2.39.